The Morgan fingerprint density at radius 1 is 1.10 bits per heavy atom. The summed E-state index contributed by atoms with van der Waals surface area (Å²) in [5, 5.41) is 12.3. The molecule has 8 heteroatoms. The second-order valence-corrected chi connectivity index (χ2v) is 7.43. The lowest BCUT2D eigenvalue weighted by molar-refractivity contribution is -0.116. The van der Waals surface area contributed by atoms with Crippen LogP contribution >= 0.6 is 0 Å². The average molecular weight is 411 g/mol. The fraction of sp³-hybridized carbons (Fsp3) is 0.174. The van der Waals surface area contributed by atoms with Crippen molar-refractivity contribution in [3.8, 4) is 22.5 Å². The van der Waals surface area contributed by atoms with Gasteiger partial charge in [-0.2, -0.15) is 5.10 Å². The van der Waals surface area contributed by atoms with Crippen molar-refractivity contribution in [1.82, 2.24) is 30.1 Å². The molecule has 0 radical (unpaired) electrons. The fourth-order valence-corrected chi connectivity index (χ4v) is 3.58. The maximum Gasteiger partial charge on any atom is 0.224 e. The summed E-state index contributed by atoms with van der Waals surface area (Å²) in [4.78, 5) is 28.5. The van der Waals surface area contributed by atoms with Gasteiger partial charge in [-0.05, 0) is 36.8 Å². The lowest BCUT2D eigenvalue weighted by atomic mass is 10.1. The monoisotopic (exact) mass is 411 g/mol. The molecule has 5 aromatic heterocycles. The number of unbranched alkanes of at least 4 members (excludes halogenated alkanes) is 1. The molecule has 0 fully saturated rings. The highest BCUT2D eigenvalue weighted by Crippen LogP contribution is 2.30. The van der Waals surface area contributed by atoms with E-state index in [-0.39, 0.29) is 5.91 Å². The van der Waals surface area contributed by atoms with E-state index in [1.165, 1.54) is 0 Å². The molecule has 1 amide bonds. The lowest BCUT2D eigenvalue weighted by Crippen LogP contribution is -2.11. The molecule has 0 saturated heterocycles. The molecule has 0 aliphatic heterocycles. The molecule has 0 aliphatic rings. The summed E-state index contributed by atoms with van der Waals surface area (Å²) in [5.41, 5.74) is 5.62. The Kier molecular flexibility index (Phi) is 4.87. The molecule has 0 unspecified atom stereocenters. The van der Waals surface area contributed by atoms with Gasteiger partial charge in [-0.15, -0.1) is 0 Å². The van der Waals surface area contributed by atoms with Crippen LogP contribution in [0.1, 0.15) is 26.2 Å². The van der Waals surface area contributed by atoms with Gasteiger partial charge in [0.25, 0.3) is 0 Å². The number of fused-ring (bicyclic) bond motifs is 2. The minimum absolute atomic E-state index is 0.00100. The van der Waals surface area contributed by atoms with Crippen LogP contribution in [0.2, 0.25) is 0 Å². The predicted octanol–water partition coefficient (Wildman–Crippen LogP) is 4.69. The van der Waals surface area contributed by atoms with E-state index in [2.05, 4.69) is 42.4 Å². The molecule has 5 heterocycles. The first-order chi connectivity index (χ1) is 15.2. The third-order valence-electron chi connectivity index (χ3n) is 5.18. The van der Waals surface area contributed by atoms with Crippen LogP contribution in [0, 0.1) is 0 Å². The highest BCUT2D eigenvalue weighted by Gasteiger charge is 2.13. The zero-order chi connectivity index (χ0) is 21.2. The van der Waals surface area contributed by atoms with Crippen molar-refractivity contribution in [3.05, 3.63) is 55.1 Å². The smallest absolute Gasteiger partial charge is 0.224 e. The molecular formula is C23H21N7O. The van der Waals surface area contributed by atoms with E-state index in [1.807, 2.05) is 30.3 Å². The number of rotatable bonds is 6. The molecule has 31 heavy (non-hydrogen) atoms. The minimum atomic E-state index is -0.00100. The van der Waals surface area contributed by atoms with Crippen molar-refractivity contribution < 1.29 is 4.79 Å². The Labute approximate surface area is 178 Å². The van der Waals surface area contributed by atoms with Crippen molar-refractivity contribution in [1.29, 1.82) is 0 Å². The van der Waals surface area contributed by atoms with Crippen LogP contribution in [0.3, 0.4) is 0 Å². The first-order valence-corrected chi connectivity index (χ1v) is 10.2. The molecule has 3 N–H and O–H groups in total. The van der Waals surface area contributed by atoms with E-state index >= 15 is 0 Å². The zero-order valence-electron chi connectivity index (χ0n) is 17.0. The summed E-state index contributed by atoms with van der Waals surface area (Å²) in [7, 11) is 0. The molecule has 0 atom stereocenters. The van der Waals surface area contributed by atoms with E-state index < -0.39 is 0 Å². The lowest BCUT2D eigenvalue weighted by Gasteiger charge is -2.07. The Morgan fingerprint density at radius 3 is 2.87 bits per heavy atom. The molecule has 0 bridgehead atoms. The maximum absolute atomic E-state index is 12.1. The number of H-pyrrole nitrogens is 2. The summed E-state index contributed by atoms with van der Waals surface area (Å²) in [6.07, 6.45) is 9.29. The molecule has 5 aromatic rings. The van der Waals surface area contributed by atoms with Gasteiger partial charge >= 0.3 is 0 Å². The van der Waals surface area contributed by atoms with Gasteiger partial charge < -0.3 is 10.3 Å². The number of carbonyl (C=O) groups is 1. The molecule has 8 nitrogen and oxygen atoms in total. The summed E-state index contributed by atoms with van der Waals surface area (Å²) in [6.45, 7) is 2.06. The highest BCUT2D eigenvalue weighted by molar-refractivity contribution is 5.96. The number of aromatic amines is 2. The number of hydrogen-bond acceptors (Lipinski definition) is 5. The second-order valence-electron chi connectivity index (χ2n) is 7.43. The summed E-state index contributed by atoms with van der Waals surface area (Å²) in [5.74, 6) is -0.00100. The van der Waals surface area contributed by atoms with Crippen LogP contribution in [-0.2, 0) is 4.79 Å². The standard InChI is InChI=1S/C23H21N7O/c1-2-3-6-20(31)27-17-8-15(11-24-13-17)16-9-18-21(29-30-23(18)26-12-16)19-10-14-5-4-7-25-22(14)28-19/h4-5,7-13H,2-3,6H2,1H3,(H,25,28)(H,27,31)(H,26,29,30). The second kappa shape index (κ2) is 7.98. The van der Waals surface area contributed by atoms with Gasteiger partial charge in [-0.1, -0.05) is 13.3 Å². The van der Waals surface area contributed by atoms with Crippen LogP contribution in [0.5, 0.6) is 0 Å². The third kappa shape index (κ3) is 3.75. The van der Waals surface area contributed by atoms with Crippen LogP contribution in [0.4, 0.5) is 5.69 Å². The first kappa shape index (κ1) is 18.9. The van der Waals surface area contributed by atoms with Crippen LogP contribution in [0.15, 0.2) is 55.1 Å². The Balaban J connectivity index is 1.49. The van der Waals surface area contributed by atoms with E-state index in [1.54, 1.807) is 24.8 Å². The summed E-state index contributed by atoms with van der Waals surface area (Å²) in [6, 6.07) is 9.89. The largest absolute Gasteiger partial charge is 0.338 e. The third-order valence-corrected chi connectivity index (χ3v) is 5.18. The minimum Gasteiger partial charge on any atom is -0.338 e. The SMILES string of the molecule is CCCCC(=O)Nc1cncc(-c2cnc3n[nH]c(-c4cc5cccnc5[nH]4)c3c2)c1. The van der Waals surface area contributed by atoms with E-state index in [9.17, 15) is 4.79 Å². The first-order valence-electron chi connectivity index (χ1n) is 10.2. The van der Waals surface area contributed by atoms with Gasteiger partial charge in [0, 0.05) is 46.9 Å². The van der Waals surface area contributed by atoms with E-state index in [0.29, 0.717) is 17.8 Å². The normalized spacial score (nSPS) is 11.3. The highest BCUT2D eigenvalue weighted by atomic mass is 16.1. The number of amides is 1. The van der Waals surface area contributed by atoms with Crippen LogP contribution in [0.25, 0.3) is 44.6 Å². The Hall–Kier alpha value is -4.07. The van der Waals surface area contributed by atoms with Crippen LogP contribution in [-0.4, -0.2) is 36.0 Å². The summed E-state index contributed by atoms with van der Waals surface area (Å²) >= 11 is 0. The quantitative estimate of drug-likeness (QED) is 0.375. The van der Waals surface area contributed by atoms with Crippen molar-refractivity contribution in [2.45, 2.75) is 26.2 Å². The molecule has 5 rings (SSSR count). The van der Waals surface area contributed by atoms with E-state index in [0.717, 1.165) is 51.8 Å². The van der Waals surface area contributed by atoms with Crippen molar-refractivity contribution in [2.75, 3.05) is 5.32 Å². The van der Waals surface area contributed by atoms with Gasteiger partial charge in [0.1, 0.15) is 5.65 Å². The van der Waals surface area contributed by atoms with Crippen molar-refractivity contribution in [2.24, 2.45) is 0 Å². The molecule has 154 valence electrons. The van der Waals surface area contributed by atoms with Crippen LogP contribution < -0.4 is 5.32 Å². The van der Waals surface area contributed by atoms with E-state index in [4.69, 9.17) is 0 Å². The van der Waals surface area contributed by atoms with Gasteiger partial charge in [-0.25, -0.2) is 9.97 Å². The number of carbonyl (C=O) groups excluding carboxylic acids is 1. The molecule has 0 spiro atoms. The maximum atomic E-state index is 12.1. The average Bonchev–Trinajstić information content (AvgIpc) is 3.41. The van der Waals surface area contributed by atoms with Gasteiger partial charge in [-0.3, -0.25) is 14.9 Å². The van der Waals surface area contributed by atoms with Crippen molar-refractivity contribution in [3.63, 3.8) is 0 Å². The molecule has 0 aromatic carbocycles. The molecule has 0 saturated carbocycles. The Morgan fingerprint density at radius 2 is 2.00 bits per heavy atom. The number of hydrogen-bond donors (Lipinski definition) is 3. The molecule has 0 aliphatic carbocycles. The predicted molar refractivity (Wildman–Crippen MR) is 120 cm³/mol. The zero-order valence-corrected chi connectivity index (χ0v) is 17.0. The number of pyridine rings is 3. The molecular weight excluding hydrogens is 390 g/mol. The van der Waals surface area contributed by atoms with Gasteiger partial charge in [0.2, 0.25) is 5.91 Å². The number of nitrogens with zero attached hydrogens (tertiary/aromatic N) is 4. The Bertz CT molecular complexity index is 1350. The number of aromatic nitrogens is 6. The fourth-order valence-electron chi connectivity index (χ4n) is 3.58. The van der Waals surface area contributed by atoms with Gasteiger partial charge in [0.05, 0.1) is 23.3 Å². The van der Waals surface area contributed by atoms with Crippen molar-refractivity contribution >= 4 is 33.7 Å². The topological polar surface area (TPSA) is 112 Å². The van der Waals surface area contributed by atoms with Gasteiger partial charge in [0.15, 0.2) is 5.65 Å². The number of nitrogens with one attached hydrogen (secondary N) is 3. The number of anilines is 1. The summed E-state index contributed by atoms with van der Waals surface area (Å²) < 4.78 is 0.